The van der Waals surface area contributed by atoms with Gasteiger partial charge in [0.25, 0.3) is 0 Å². The monoisotopic (exact) mass is 447 g/mol. The zero-order valence-corrected chi connectivity index (χ0v) is 18.4. The Morgan fingerprint density at radius 2 is 1.52 bits per heavy atom. The molecule has 0 aliphatic heterocycles. The van der Waals surface area contributed by atoms with E-state index in [0.29, 0.717) is 39.5 Å². The summed E-state index contributed by atoms with van der Waals surface area (Å²) in [5, 5.41) is 9.67. The molecule has 0 amide bonds. The van der Waals surface area contributed by atoms with Crippen LogP contribution in [0.25, 0.3) is 11.6 Å². The number of hydrogen-bond donors (Lipinski definition) is 0. The van der Waals surface area contributed by atoms with Gasteiger partial charge in [-0.05, 0) is 65.2 Å². The Morgan fingerprint density at radius 1 is 0.879 bits per heavy atom. The average Bonchev–Trinajstić information content (AvgIpc) is 2.84. The molecule has 0 unspecified atom stereocenters. The molecule has 6 nitrogen and oxygen atoms in total. The van der Waals surface area contributed by atoms with Crippen LogP contribution in [0.4, 0.5) is 4.39 Å². The molecule has 0 bridgehead atoms. The van der Waals surface area contributed by atoms with Crippen LogP contribution in [-0.2, 0) is 11.2 Å². The number of nitriles is 1. The lowest BCUT2D eigenvalue weighted by atomic mass is 10.0. The van der Waals surface area contributed by atoms with Gasteiger partial charge in [0.1, 0.15) is 5.82 Å². The number of halogens is 1. The lowest BCUT2D eigenvalue weighted by Crippen LogP contribution is -2.12. The van der Waals surface area contributed by atoms with Gasteiger partial charge in [-0.1, -0.05) is 18.2 Å². The third-order valence-electron chi connectivity index (χ3n) is 4.80. The maximum absolute atomic E-state index is 13.0. The van der Waals surface area contributed by atoms with Crippen LogP contribution in [0.15, 0.2) is 60.7 Å². The van der Waals surface area contributed by atoms with E-state index in [1.165, 1.54) is 38.5 Å². The fourth-order valence-electron chi connectivity index (χ4n) is 3.14. The first-order valence-electron chi connectivity index (χ1n) is 9.94. The molecule has 0 radical (unpaired) electrons. The molecule has 7 heteroatoms. The van der Waals surface area contributed by atoms with E-state index in [0.717, 1.165) is 0 Å². The van der Waals surface area contributed by atoms with Crippen molar-refractivity contribution in [2.45, 2.75) is 6.42 Å². The van der Waals surface area contributed by atoms with Crippen molar-refractivity contribution in [3.05, 3.63) is 83.2 Å². The molecule has 0 aliphatic carbocycles. The van der Waals surface area contributed by atoms with Gasteiger partial charge in [0.05, 0.1) is 39.4 Å². The van der Waals surface area contributed by atoms with Crippen molar-refractivity contribution in [2.75, 3.05) is 21.3 Å². The van der Waals surface area contributed by atoms with Gasteiger partial charge in [-0.15, -0.1) is 0 Å². The van der Waals surface area contributed by atoms with Crippen LogP contribution < -0.4 is 18.9 Å². The normalized spacial score (nSPS) is 10.8. The molecular formula is C26H22FNO5. The highest BCUT2D eigenvalue weighted by atomic mass is 19.1. The Bertz CT molecular complexity index is 1210. The highest BCUT2D eigenvalue weighted by Crippen LogP contribution is 2.33. The highest BCUT2D eigenvalue weighted by molar-refractivity contribution is 5.90. The molecule has 3 aromatic rings. The quantitative estimate of drug-likeness (QED) is 0.208. The molecule has 0 heterocycles. The van der Waals surface area contributed by atoms with Gasteiger partial charge in [-0.3, -0.25) is 4.79 Å². The van der Waals surface area contributed by atoms with Gasteiger partial charge in [0, 0.05) is 0 Å². The minimum Gasteiger partial charge on any atom is -0.493 e. The molecular weight excluding hydrogens is 425 g/mol. The number of hydrogen-bond acceptors (Lipinski definition) is 6. The Balaban J connectivity index is 1.82. The van der Waals surface area contributed by atoms with Crippen LogP contribution in [0.1, 0.15) is 16.7 Å². The number of rotatable bonds is 8. The van der Waals surface area contributed by atoms with Gasteiger partial charge in [-0.2, -0.15) is 5.26 Å². The number of carbonyl (C=O) groups is 1. The summed E-state index contributed by atoms with van der Waals surface area (Å²) in [6.45, 7) is 0. The van der Waals surface area contributed by atoms with Gasteiger partial charge >= 0.3 is 5.97 Å². The first-order chi connectivity index (χ1) is 16.0. The number of carbonyl (C=O) groups excluding carboxylic acids is 1. The second-order valence-electron chi connectivity index (χ2n) is 6.93. The maximum atomic E-state index is 13.0. The van der Waals surface area contributed by atoms with Crippen molar-refractivity contribution in [3.63, 3.8) is 0 Å². The first-order valence-corrected chi connectivity index (χ1v) is 9.94. The van der Waals surface area contributed by atoms with E-state index in [4.69, 9.17) is 18.9 Å². The number of methoxy groups -OCH3 is 3. The summed E-state index contributed by atoms with van der Waals surface area (Å²) in [5.74, 6) is 0.768. The molecule has 0 aliphatic rings. The van der Waals surface area contributed by atoms with E-state index < -0.39 is 5.97 Å². The molecule has 0 saturated heterocycles. The Morgan fingerprint density at radius 3 is 2.15 bits per heavy atom. The minimum absolute atomic E-state index is 0.0109. The van der Waals surface area contributed by atoms with Crippen LogP contribution in [0.5, 0.6) is 23.0 Å². The van der Waals surface area contributed by atoms with Gasteiger partial charge < -0.3 is 18.9 Å². The van der Waals surface area contributed by atoms with E-state index in [2.05, 4.69) is 6.07 Å². The summed E-state index contributed by atoms with van der Waals surface area (Å²) in [6, 6.07) is 18.0. The number of benzene rings is 3. The number of esters is 1. The number of allylic oxidation sites excluding steroid dienone is 1. The Labute approximate surface area is 191 Å². The predicted octanol–water partition coefficient (Wildman–Crippen LogP) is 5.06. The zero-order chi connectivity index (χ0) is 23.8. The van der Waals surface area contributed by atoms with Crippen molar-refractivity contribution in [2.24, 2.45) is 0 Å². The summed E-state index contributed by atoms with van der Waals surface area (Å²) in [6.07, 6.45) is 1.68. The summed E-state index contributed by atoms with van der Waals surface area (Å²) in [4.78, 5) is 12.3. The van der Waals surface area contributed by atoms with Crippen molar-refractivity contribution in [3.8, 4) is 29.1 Å². The molecule has 0 saturated carbocycles. The molecule has 33 heavy (non-hydrogen) atoms. The largest absolute Gasteiger partial charge is 0.493 e. The first kappa shape index (κ1) is 23.4. The third kappa shape index (κ3) is 5.89. The van der Waals surface area contributed by atoms with Gasteiger partial charge in [0.2, 0.25) is 0 Å². The smallest absolute Gasteiger partial charge is 0.315 e. The van der Waals surface area contributed by atoms with E-state index in [-0.39, 0.29) is 18.0 Å². The van der Waals surface area contributed by atoms with E-state index in [1.54, 1.807) is 49.6 Å². The van der Waals surface area contributed by atoms with Gasteiger partial charge in [0.15, 0.2) is 23.0 Å². The van der Waals surface area contributed by atoms with Crippen molar-refractivity contribution >= 4 is 17.6 Å². The van der Waals surface area contributed by atoms with E-state index >= 15 is 0 Å². The number of ether oxygens (including phenoxy) is 4. The molecule has 0 N–H and O–H groups in total. The Hall–Kier alpha value is -4.31. The van der Waals surface area contributed by atoms with Gasteiger partial charge in [-0.25, -0.2) is 4.39 Å². The SMILES string of the molecule is COc1ccc(/C(C#N)=C\c2ccc(OC(=O)Cc3ccc(F)cc3)c(OC)c2)cc1OC. The van der Waals surface area contributed by atoms with Crippen LogP contribution >= 0.6 is 0 Å². The second kappa shape index (κ2) is 10.8. The fourth-order valence-corrected chi connectivity index (χ4v) is 3.14. The zero-order valence-electron chi connectivity index (χ0n) is 18.4. The minimum atomic E-state index is -0.508. The molecule has 0 fully saturated rings. The molecule has 0 spiro atoms. The van der Waals surface area contributed by atoms with Crippen LogP contribution in [0.3, 0.4) is 0 Å². The maximum Gasteiger partial charge on any atom is 0.315 e. The Kier molecular flexibility index (Phi) is 7.66. The summed E-state index contributed by atoms with van der Waals surface area (Å²) < 4.78 is 34.4. The van der Waals surface area contributed by atoms with Crippen molar-refractivity contribution in [1.29, 1.82) is 5.26 Å². The summed E-state index contributed by atoms with van der Waals surface area (Å²) in [5.41, 5.74) is 2.37. The van der Waals surface area contributed by atoms with Crippen LogP contribution in [-0.4, -0.2) is 27.3 Å². The summed E-state index contributed by atoms with van der Waals surface area (Å²) >= 11 is 0. The molecule has 0 aromatic heterocycles. The third-order valence-corrected chi connectivity index (χ3v) is 4.80. The van der Waals surface area contributed by atoms with Crippen LogP contribution in [0, 0.1) is 17.1 Å². The van der Waals surface area contributed by atoms with Crippen molar-refractivity contribution in [1.82, 2.24) is 0 Å². The highest BCUT2D eigenvalue weighted by Gasteiger charge is 2.13. The number of nitrogens with zero attached hydrogens (tertiary/aromatic N) is 1. The average molecular weight is 447 g/mol. The van der Waals surface area contributed by atoms with Crippen molar-refractivity contribution < 1.29 is 28.1 Å². The van der Waals surface area contributed by atoms with E-state index in [1.807, 2.05) is 0 Å². The predicted molar refractivity (Wildman–Crippen MR) is 122 cm³/mol. The topological polar surface area (TPSA) is 77.8 Å². The fraction of sp³-hybridized carbons (Fsp3) is 0.154. The summed E-state index contributed by atoms with van der Waals surface area (Å²) in [7, 11) is 4.52. The lowest BCUT2D eigenvalue weighted by molar-refractivity contribution is -0.133. The molecule has 168 valence electrons. The van der Waals surface area contributed by atoms with E-state index in [9.17, 15) is 14.4 Å². The second-order valence-corrected chi connectivity index (χ2v) is 6.93. The molecule has 3 aromatic carbocycles. The molecule has 3 rings (SSSR count). The van der Waals surface area contributed by atoms with Crippen LogP contribution in [0.2, 0.25) is 0 Å². The molecule has 0 atom stereocenters. The standard InChI is InChI=1S/C26H22FNO5/c1-30-22-11-7-19(15-25(22)32-3)20(16-28)12-18-6-10-23(24(13-18)31-2)33-26(29)14-17-4-8-21(27)9-5-17/h4-13,15H,14H2,1-3H3/b20-12-. The lowest BCUT2D eigenvalue weighted by Gasteiger charge is -2.11.